The summed E-state index contributed by atoms with van der Waals surface area (Å²) in [6, 6.07) is 10.1. The van der Waals surface area contributed by atoms with Crippen molar-refractivity contribution in [3.63, 3.8) is 0 Å². The molecule has 2 aromatic carbocycles. The van der Waals surface area contributed by atoms with Crippen LogP contribution in [0.1, 0.15) is 57.2 Å². The molecule has 3 heterocycles. The first-order chi connectivity index (χ1) is 18.8. The van der Waals surface area contributed by atoms with Crippen LogP contribution in [0.2, 0.25) is 0 Å². The Morgan fingerprint density at radius 3 is 2.54 bits per heavy atom. The number of aliphatic hydroxyl groups is 1. The third kappa shape index (κ3) is 5.44. The van der Waals surface area contributed by atoms with Crippen molar-refractivity contribution >= 4 is 17.9 Å². The Bertz CT molecular complexity index is 1250. The Morgan fingerprint density at radius 1 is 1.10 bits per heavy atom. The number of carboxylic acid groups (broad SMARTS) is 1. The zero-order chi connectivity index (χ0) is 27.7. The molecule has 3 amide bonds. The molecular formula is C29H35N3O7. The molecule has 10 heteroatoms. The average molecular weight is 538 g/mol. The number of amides is 3. The van der Waals surface area contributed by atoms with E-state index >= 15 is 0 Å². The molecule has 208 valence electrons. The number of aliphatic hydroxyl groups excluding tert-OH is 1. The Labute approximate surface area is 227 Å². The minimum Gasteiger partial charge on any atom is -0.493 e. The fourth-order valence-electron chi connectivity index (χ4n) is 5.94. The standard InChI is InChI=1S/C29H35N3O7/c1-3-39-26-12-18(28(35)32-21-7-8-22(32)16-38-15-21)6-9-23(26)27(34)30-13-25(33)24-11-20-10-17(2)4-5-19(20)14-31(24)29(36)37/h4-6,9-10,12,21-22,24-25,33H,3,7-8,11,13-16H2,1-2H3,(H,30,34)(H,36,37). The Kier molecular flexibility index (Phi) is 7.76. The van der Waals surface area contributed by atoms with Crippen molar-refractivity contribution in [3.8, 4) is 5.75 Å². The zero-order valence-corrected chi connectivity index (χ0v) is 22.3. The molecule has 0 saturated carbocycles. The lowest BCUT2D eigenvalue weighted by atomic mass is 9.90. The summed E-state index contributed by atoms with van der Waals surface area (Å²) in [4.78, 5) is 41.5. The number of aryl methyl sites for hydroxylation is 1. The van der Waals surface area contributed by atoms with Crippen molar-refractivity contribution in [1.29, 1.82) is 0 Å². The zero-order valence-electron chi connectivity index (χ0n) is 22.3. The number of fused-ring (bicyclic) bond motifs is 3. The molecule has 0 radical (unpaired) electrons. The van der Waals surface area contributed by atoms with Gasteiger partial charge in [0, 0.05) is 18.7 Å². The normalized spacial score (nSPS) is 22.7. The molecule has 3 aliphatic heterocycles. The molecule has 3 aliphatic rings. The second kappa shape index (κ2) is 11.2. The summed E-state index contributed by atoms with van der Waals surface area (Å²) in [6.07, 6.45) is -0.0483. The highest BCUT2D eigenvalue weighted by molar-refractivity contribution is 6.00. The summed E-state index contributed by atoms with van der Waals surface area (Å²) in [6.45, 7) is 5.18. The molecule has 2 aromatic rings. The number of carbonyl (C=O) groups is 3. The third-order valence-corrected chi connectivity index (χ3v) is 7.94. The Balaban J connectivity index is 1.28. The van der Waals surface area contributed by atoms with Gasteiger partial charge in [-0.15, -0.1) is 0 Å². The molecule has 0 aromatic heterocycles. The highest BCUT2D eigenvalue weighted by Crippen LogP contribution is 2.32. The summed E-state index contributed by atoms with van der Waals surface area (Å²) < 4.78 is 11.3. The van der Waals surface area contributed by atoms with Crippen LogP contribution in [0.25, 0.3) is 0 Å². The topological polar surface area (TPSA) is 129 Å². The molecule has 39 heavy (non-hydrogen) atoms. The van der Waals surface area contributed by atoms with Crippen LogP contribution in [-0.2, 0) is 17.7 Å². The van der Waals surface area contributed by atoms with Gasteiger partial charge in [0.05, 0.1) is 49.6 Å². The number of nitrogens with one attached hydrogen (secondary N) is 1. The van der Waals surface area contributed by atoms with E-state index in [2.05, 4.69) is 5.32 Å². The molecule has 4 unspecified atom stereocenters. The van der Waals surface area contributed by atoms with E-state index in [-0.39, 0.29) is 42.4 Å². The predicted molar refractivity (Wildman–Crippen MR) is 142 cm³/mol. The molecule has 2 bridgehead atoms. The van der Waals surface area contributed by atoms with E-state index in [1.54, 1.807) is 25.1 Å². The maximum absolute atomic E-state index is 13.3. The van der Waals surface area contributed by atoms with Gasteiger partial charge in [-0.1, -0.05) is 23.8 Å². The average Bonchev–Trinajstić information content (AvgIpc) is 3.17. The third-order valence-electron chi connectivity index (χ3n) is 7.94. The van der Waals surface area contributed by atoms with E-state index in [1.807, 2.05) is 30.0 Å². The van der Waals surface area contributed by atoms with E-state index in [0.29, 0.717) is 31.8 Å². The minimum absolute atomic E-state index is 0.0669. The van der Waals surface area contributed by atoms with Gasteiger partial charge in [-0.25, -0.2) is 4.79 Å². The van der Waals surface area contributed by atoms with E-state index in [0.717, 1.165) is 29.5 Å². The highest BCUT2D eigenvalue weighted by Gasteiger charge is 2.41. The number of nitrogens with zero attached hydrogens (tertiary/aromatic N) is 2. The number of hydrogen-bond donors (Lipinski definition) is 3. The number of benzene rings is 2. The van der Waals surface area contributed by atoms with Crippen molar-refractivity contribution in [1.82, 2.24) is 15.1 Å². The SMILES string of the molecule is CCOc1cc(C(=O)N2C3CCC2COC3)ccc1C(=O)NCC(O)C1Cc2cc(C)ccc2CN1C(=O)O. The first-order valence-corrected chi connectivity index (χ1v) is 13.5. The van der Waals surface area contributed by atoms with Crippen LogP contribution in [0, 0.1) is 6.92 Å². The monoisotopic (exact) mass is 537 g/mol. The first kappa shape index (κ1) is 27.0. The van der Waals surface area contributed by atoms with E-state index < -0.39 is 24.1 Å². The van der Waals surface area contributed by atoms with Crippen LogP contribution in [0.4, 0.5) is 4.79 Å². The second-order valence-electron chi connectivity index (χ2n) is 10.5. The van der Waals surface area contributed by atoms with Crippen LogP contribution in [0.3, 0.4) is 0 Å². The number of morpholine rings is 1. The maximum atomic E-state index is 13.3. The fraction of sp³-hybridized carbons (Fsp3) is 0.483. The van der Waals surface area contributed by atoms with Crippen LogP contribution < -0.4 is 10.1 Å². The first-order valence-electron chi connectivity index (χ1n) is 13.5. The molecule has 2 saturated heterocycles. The van der Waals surface area contributed by atoms with Gasteiger partial charge in [-0.2, -0.15) is 0 Å². The predicted octanol–water partition coefficient (Wildman–Crippen LogP) is 2.59. The van der Waals surface area contributed by atoms with Gasteiger partial charge in [0.1, 0.15) is 5.75 Å². The van der Waals surface area contributed by atoms with E-state index in [4.69, 9.17) is 9.47 Å². The van der Waals surface area contributed by atoms with Crippen molar-refractivity contribution in [2.24, 2.45) is 0 Å². The van der Waals surface area contributed by atoms with Crippen molar-refractivity contribution in [2.45, 2.75) is 63.9 Å². The Hall–Kier alpha value is -3.63. The molecule has 5 rings (SSSR count). The summed E-state index contributed by atoms with van der Waals surface area (Å²) in [5, 5.41) is 23.5. The maximum Gasteiger partial charge on any atom is 0.407 e. The molecule has 3 N–H and O–H groups in total. The molecule has 10 nitrogen and oxygen atoms in total. The second-order valence-corrected chi connectivity index (χ2v) is 10.5. The smallest absolute Gasteiger partial charge is 0.407 e. The van der Waals surface area contributed by atoms with Crippen LogP contribution in [0.15, 0.2) is 36.4 Å². The number of carbonyl (C=O) groups excluding carboxylic acids is 2. The lowest BCUT2D eigenvalue weighted by Crippen LogP contribution is -2.53. The van der Waals surface area contributed by atoms with Gasteiger partial charge in [-0.3, -0.25) is 14.5 Å². The quantitative estimate of drug-likeness (QED) is 0.495. The summed E-state index contributed by atoms with van der Waals surface area (Å²) in [7, 11) is 0. The molecule has 4 atom stereocenters. The minimum atomic E-state index is -1.12. The van der Waals surface area contributed by atoms with Crippen molar-refractivity contribution in [2.75, 3.05) is 26.4 Å². The summed E-state index contributed by atoms with van der Waals surface area (Å²) >= 11 is 0. The van der Waals surface area contributed by atoms with Gasteiger partial charge in [0.2, 0.25) is 0 Å². The molecule has 2 fully saturated rings. The van der Waals surface area contributed by atoms with Crippen LogP contribution >= 0.6 is 0 Å². The fourth-order valence-corrected chi connectivity index (χ4v) is 5.94. The number of ether oxygens (including phenoxy) is 2. The van der Waals surface area contributed by atoms with Crippen molar-refractivity contribution < 1.29 is 34.1 Å². The van der Waals surface area contributed by atoms with Crippen LogP contribution in [0.5, 0.6) is 5.75 Å². The summed E-state index contributed by atoms with van der Waals surface area (Å²) in [5.41, 5.74) is 3.66. The van der Waals surface area contributed by atoms with Gasteiger partial charge in [0.15, 0.2) is 0 Å². The van der Waals surface area contributed by atoms with Gasteiger partial charge >= 0.3 is 6.09 Å². The Morgan fingerprint density at radius 2 is 1.85 bits per heavy atom. The lowest BCUT2D eigenvalue weighted by Gasteiger charge is -2.37. The molecule has 0 spiro atoms. The number of hydrogen-bond acceptors (Lipinski definition) is 6. The molecule has 0 aliphatic carbocycles. The van der Waals surface area contributed by atoms with Gasteiger partial charge < -0.3 is 29.9 Å². The van der Waals surface area contributed by atoms with E-state index in [9.17, 15) is 24.6 Å². The molecular weight excluding hydrogens is 502 g/mol. The lowest BCUT2D eigenvalue weighted by molar-refractivity contribution is -0.00718. The van der Waals surface area contributed by atoms with Crippen LogP contribution in [-0.4, -0.2) is 88.5 Å². The van der Waals surface area contributed by atoms with Crippen molar-refractivity contribution in [3.05, 3.63) is 64.2 Å². The van der Waals surface area contributed by atoms with E-state index in [1.165, 1.54) is 4.90 Å². The highest BCUT2D eigenvalue weighted by atomic mass is 16.5. The van der Waals surface area contributed by atoms with Gasteiger partial charge in [-0.05, 0) is 62.4 Å². The summed E-state index contributed by atoms with van der Waals surface area (Å²) in [5.74, 6) is -0.294. The number of rotatable bonds is 7. The largest absolute Gasteiger partial charge is 0.493 e. The van der Waals surface area contributed by atoms with Gasteiger partial charge in [0.25, 0.3) is 11.8 Å².